The Bertz CT molecular complexity index is 1690. The molecule has 2 heterocycles. The number of carboxylic acid groups (broad SMARTS) is 1. The number of hydrogen-bond acceptors (Lipinski definition) is 9. The highest BCUT2D eigenvalue weighted by atomic mass is 32.2. The average molecular weight is 656 g/mol. The molecule has 0 bridgehead atoms. The maximum absolute atomic E-state index is 13.9. The number of hydrogen-bond donors (Lipinski definition) is 1. The van der Waals surface area contributed by atoms with Crippen LogP contribution in [-0.4, -0.2) is 71.5 Å². The SMILES string of the molecule is CC(C)CN(C[C@H]1OC(C)(C)N(C(=O)O)[C@H]1Cc1ccc(OCc2cccc([N+](=O)[O-])c2)cc1)S(=O)(=O)c1ccc2c(c1)OCO2. The number of benzene rings is 3. The van der Waals surface area contributed by atoms with E-state index in [1.807, 2.05) is 13.8 Å². The quantitative estimate of drug-likeness (QED) is 0.201. The normalized spacial score (nSPS) is 18.7. The summed E-state index contributed by atoms with van der Waals surface area (Å²) in [4.78, 5) is 24.4. The highest BCUT2D eigenvalue weighted by Gasteiger charge is 2.51. The van der Waals surface area contributed by atoms with E-state index in [9.17, 15) is 28.4 Å². The summed E-state index contributed by atoms with van der Waals surface area (Å²) in [5, 5.41) is 21.3. The smallest absolute Gasteiger partial charge is 0.409 e. The lowest BCUT2D eigenvalue weighted by atomic mass is 10.00. The fourth-order valence-electron chi connectivity index (χ4n) is 5.78. The predicted octanol–water partition coefficient (Wildman–Crippen LogP) is 5.28. The second-order valence-electron chi connectivity index (χ2n) is 12.1. The van der Waals surface area contributed by atoms with Crippen LogP contribution in [0.1, 0.15) is 38.8 Å². The highest BCUT2D eigenvalue weighted by molar-refractivity contribution is 7.89. The van der Waals surface area contributed by atoms with Crippen molar-refractivity contribution in [3.63, 3.8) is 0 Å². The van der Waals surface area contributed by atoms with Gasteiger partial charge in [0, 0.05) is 31.3 Å². The third-order valence-electron chi connectivity index (χ3n) is 7.82. The first kappa shape index (κ1) is 33.0. The van der Waals surface area contributed by atoms with Gasteiger partial charge in [0.15, 0.2) is 11.5 Å². The summed E-state index contributed by atoms with van der Waals surface area (Å²) >= 11 is 0. The number of amides is 1. The van der Waals surface area contributed by atoms with Crippen molar-refractivity contribution in [3.05, 3.63) is 88.0 Å². The minimum atomic E-state index is -4.02. The Kier molecular flexibility index (Phi) is 9.42. The number of rotatable bonds is 12. The van der Waals surface area contributed by atoms with Gasteiger partial charge in [-0.2, -0.15) is 4.31 Å². The van der Waals surface area contributed by atoms with E-state index in [0.717, 1.165) is 5.56 Å². The van der Waals surface area contributed by atoms with Crippen LogP contribution < -0.4 is 14.2 Å². The zero-order chi connectivity index (χ0) is 33.2. The van der Waals surface area contributed by atoms with Crippen molar-refractivity contribution in [2.45, 2.75) is 63.5 Å². The van der Waals surface area contributed by atoms with Gasteiger partial charge in [-0.05, 0) is 61.6 Å². The predicted molar refractivity (Wildman–Crippen MR) is 166 cm³/mol. The Hall–Kier alpha value is -4.40. The Morgan fingerprint density at radius 2 is 1.80 bits per heavy atom. The molecule has 0 unspecified atom stereocenters. The van der Waals surface area contributed by atoms with E-state index >= 15 is 0 Å². The van der Waals surface area contributed by atoms with Gasteiger partial charge in [0.25, 0.3) is 5.69 Å². The molecule has 0 radical (unpaired) electrons. The first-order valence-electron chi connectivity index (χ1n) is 14.8. The van der Waals surface area contributed by atoms with Gasteiger partial charge in [0.05, 0.1) is 22.0 Å². The molecule has 1 saturated heterocycles. The molecule has 3 aromatic carbocycles. The molecule has 1 amide bonds. The lowest BCUT2D eigenvalue weighted by Crippen LogP contribution is -2.50. The average Bonchev–Trinajstić information content (AvgIpc) is 3.57. The zero-order valence-corrected chi connectivity index (χ0v) is 26.8. The molecule has 0 saturated carbocycles. The van der Waals surface area contributed by atoms with Crippen LogP contribution in [0.15, 0.2) is 71.6 Å². The van der Waals surface area contributed by atoms with Crippen LogP contribution >= 0.6 is 0 Å². The number of nitro benzene ring substituents is 1. The van der Waals surface area contributed by atoms with E-state index in [0.29, 0.717) is 22.8 Å². The summed E-state index contributed by atoms with van der Waals surface area (Å²) in [7, 11) is -4.02. The second kappa shape index (κ2) is 13.1. The van der Waals surface area contributed by atoms with Crippen molar-refractivity contribution < 1.29 is 42.2 Å². The van der Waals surface area contributed by atoms with Crippen LogP contribution in [0.5, 0.6) is 17.2 Å². The molecular formula is C32H37N3O10S. The molecule has 46 heavy (non-hydrogen) atoms. The summed E-state index contributed by atoms with van der Waals surface area (Å²) < 4.78 is 52.1. The van der Waals surface area contributed by atoms with E-state index in [4.69, 9.17) is 18.9 Å². The number of nitrogens with zero attached hydrogens (tertiary/aromatic N) is 3. The molecule has 0 spiro atoms. The maximum atomic E-state index is 13.9. The lowest BCUT2D eigenvalue weighted by Gasteiger charge is -2.31. The van der Waals surface area contributed by atoms with Gasteiger partial charge in [0.2, 0.25) is 16.8 Å². The van der Waals surface area contributed by atoms with Gasteiger partial charge in [0.1, 0.15) is 18.1 Å². The van der Waals surface area contributed by atoms with Gasteiger partial charge in [-0.15, -0.1) is 0 Å². The number of carbonyl (C=O) groups is 1. The van der Waals surface area contributed by atoms with Gasteiger partial charge in [-0.25, -0.2) is 13.2 Å². The zero-order valence-electron chi connectivity index (χ0n) is 26.0. The number of fused-ring (bicyclic) bond motifs is 1. The van der Waals surface area contributed by atoms with Crippen LogP contribution in [0.3, 0.4) is 0 Å². The first-order valence-corrected chi connectivity index (χ1v) is 16.2. The Morgan fingerprint density at radius 1 is 1.09 bits per heavy atom. The van der Waals surface area contributed by atoms with Gasteiger partial charge in [-0.1, -0.05) is 38.1 Å². The van der Waals surface area contributed by atoms with Crippen LogP contribution in [0.4, 0.5) is 10.5 Å². The van der Waals surface area contributed by atoms with E-state index in [-0.39, 0.29) is 49.4 Å². The van der Waals surface area contributed by atoms with Crippen molar-refractivity contribution in [2.24, 2.45) is 5.92 Å². The number of non-ortho nitro benzene ring substituents is 1. The lowest BCUT2D eigenvalue weighted by molar-refractivity contribution is -0.384. The maximum Gasteiger partial charge on any atom is 0.409 e. The molecule has 1 N–H and O–H groups in total. The van der Waals surface area contributed by atoms with Crippen molar-refractivity contribution in [1.29, 1.82) is 0 Å². The number of nitro groups is 1. The van der Waals surface area contributed by atoms with Crippen LogP contribution in [0, 0.1) is 16.0 Å². The van der Waals surface area contributed by atoms with Crippen LogP contribution in [0.25, 0.3) is 0 Å². The summed E-state index contributed by atoms with van der Waals surface area (Å²) in [6.45, 7) is 7.37. The molecule has 2 aliphatic rings. The van der Waals surface area contributed by atoms with Gasteiger partial charge >= 0.3 is 6.09 Å². The van der Waals surface area contributed by atoms with Crippen LogP contribution in [-0.2, 0) is 27.8 Å². The highest BCUT2D eigenvalue weighted by Crippen LogP contribution is 2.37. The summed E-state index contributed by atoms with van der Waals surface area (Å²) in [5.74, 6) is 1.31. The van der Waals surface area contributed by atoms with Crippen molar-refractivity contribution in [1.82, 2.24) is 9.21 Å². The molecule has 3 aromatic rings. The van der Waals surface area contributed by atoms with E-state index in [1.54, 1.807) is 56.3 Å². The molecule has 5 rings (SSSR count). The molecule has 14 heteroatoms. The molecular weight excluding hydrogens is 618 g/mol. The second-order valence-corrected chi connectivity index (χ2v) is 14.1. The summed E-state index contributed by atoms with van der Waals surface area (Å²) in [6.07, 6.45) is -1.70. The molecule has 2 aliphatic heterocycles. The minimum Gasteiger partial charge on any atom is -0.489 e. The summed E-state index contributed by atoms with van der Waals surface area (Å²) in [6, 6.07) is 17.0. The third-order valence-corrected chi connectivity index (χ3v) is 9.64. The fraction of sp³-hybridized carbons (Fsp3) is 0.406. The van der Waals surface area contributed by atoms with Crippen LogP contribution in [0.2, 0.25) is 0 Å². The fourth-order valence-corrected chi connectivity index (χ4v) is 7.41. The minimum absolute atomic E-state index is 0.0111. The van der Waals surface area contributed by atoms with E-state index < -0.39 is 38.9 Å². The monoisotopic (exact) mass is 655 g/mol. The van der Waals surface area contributed by atoms with Crippen molar-refractivity contribution in [3.8, 4) is 17.2 Å². The summed E-state index contributed by atoms with van der Waals surface area (Å²) in [5.41, 5.74) is 0.199. The Balaban J connectivity index is 1.36. The molecule has 1 fully saturated rings. The molecule has 2 atom stereocenters. The third kappa shape index (κ3) is 7.19. The standard InChI is InChI=1S/C32H37N3O10S/c1-21(2)17-33(46(40,41)26-12-13-28-29(16-26)44-20-43-28)18-30-27(34(31(36)37)32(3,4)45-30)15-22-8-10-25(11-9-22)42-19-23-6-5-7-24(14-23)35(38)39/h5-14,16,21,27,30H,15,17-20H2,1-4H3,(H,36,37)/t27-,30+/m0/s1. The van der Waals surface area contributed by atoms with Crippen molar-refractivity contribution in [2.75, 3.05) is 19.9 Å². The van der Waals surface area contributed by atoms with E-state index in [1.165, 1.54) is 33.5 Å². The van der Waals surface area contributed by atoms with Gasteiger partial charge in [-0.3, -0.25) is 15.0 Å². The molecule has 13 nitrogen and oxygen atoms in total. The Labute approximate surface area is 267 Å². The molecule has 0 aromatic heterocycles. The molecule has 246 valence electrons. The van der Waals surface area contributed by atoms with Crippen molar-refractivity contribution >= 4 is 21.8 Å². The first-order chi connectivity index (χ1) is 21.7. The largest absolute Gasteiger partial charge is 0.489 e. The molecule has 0 aliphatic carbocycles. The topological polar surface area (TPSA) is 158 Å². The van der Waals surface area contributed by atoms with Gasteiger partial charge < -0.3 is 24.1 Å². The number of sulfonamides is 1. The number of ether oxygens (including phenoxy) is 4. The Morgan fingerprint density at radius 3 is 2.48 bits per heavy atom. The van der Waals surface area contributed by atoms with E-state index in [2.05, 4.69) is 0 Å².